The number of carboxylic acid groups (broad SMARTS) is 1. The van der Waals surface area contributed by atoms with Gasteiger partial charge in [0.2, 0.25) is 5.91 Å². The largest absolute Gasteiger partial charge is 0.481 e. The summed E-state index contributed by atoms with van der Waals surface area (Å²) >= 11 is 0. The molecular weight excluding hydrogens is 248 g/mol. The third-order valence-corrected chi connectivity index (χ3v) is 3.46. The fourth-order valence-corrected chi connectivity index (χ4v) is 2.10. The number of imide groups is 1. The van der Waals surface area contributed by atoms with E-state index in [0.717, 1.165) is 19.3 Å². The Labute approximate surface area is 113 Å². The fourth-order valence-electron chi connectivity index (χ4n) is 2.10. The minimum Gasteiger partial charge on any atom is -0.481 e. The van der Waals surface area contributed by atoms with Gasteiger partial charge in [0, 0.05) is 19.5 Å². The van der Waals surface area contributed by atoms with E-state index in [2.05, 4.69) is 5.32 Å². The SMILES string of the molecule is CN(C(=O)NC(=O)CC(C)(C)CC(=O)O)C1CCC1. The van der Waals surface area contributed by atoms with Crippen molar-refractivity contribution in [2.24, 2.45) is 5.41 Å². The van der Waals surface area contributed by atoms with Crippen molar-refractivity contribution in [1.29, 1.82) is 0 Å². The first kappa shape index (κ1) is 15.5. The highest BCUT2D eigenvalue weighted by Crippen LogP contribution is 2.25. The van der Waals surface area contributed by atoms with E-state index in [1.807, 2.05) is 0 Å². The van der Waals surface area contributed by atoms with Gasteiger partial charge in [-0.2, -0.15) is 0 Å². The summed E-state index contributed by atoms with van der Waals surface area (Å²) in [6, 6.07) is -0.180. The van der Waals surface area contributed by atoms with Crippen LogP contribution in [-0.2, 0) is 9.59 Å². The van der Waals surface area contributed by atoms with Crippen LogP contribution >= 0.6 is 0 Å². The molecule has 0 spiro atoms. The number of hydrogen-bond acceptors (Lipinski definition) is 3. The van der Waals surface area contributed by atoms with Gasteiger partial charge in [-0.15, -0.1) is 0 Å². The molecule has 0 aromatic rings. The lowest BCUT2D eigenvalue weighted by molar-refractivity contribution is -0.139. The van der Waals surface area contributed by atoms with Crippen LogP contribution in [0.4, 0.5) is 4.79 Å². The van der Waals surface area contributed by atoms with Gasteiger partial charge >= 0.3 is 12.0 Å². The van der Waals surface area contributed by atoms with E-state index < -0.39 is 23.3 Å². The average molecular weight is 270 g/mol. The molecule has 19 heavy (non-hydrogen) atoms. The number of amides is 3. The van der Waals surface area contributed by atoms with Crippen molar-refractivity contribution < 1.29 is 19.5 Å². The molecule has 1 saturated carbocycles. The molecule has 0 bridgehead atoms. The van der Waals surface area contributed by atoms with Crippen molar-refractivity contribution in [3.05, 3.63) is 0 Å². The predicted molar refractivity (Wildman–Crippen MR) is 69.6 cm³/mol. The number of carbonyl (C=O) groups is 3. The molecule has 0 radical (unpaired) electrons. The Balaban J connectivity index is 2.41. The standard InChI is InChI=1S/C13H22N2O4/c1-13(2,8-11(17)18)7-10(16)14-12(19)15(3)9-5-4-6-9/h9H,4-8H2,1-3H3,(H,17,18)(H,14,16,19). The van der Waals surface area contributed by atoms with E-state index in [0.29, 0.717) is 0 Å². The summed E-state index contributed by atoms with van der Waals surface area (Å²) in [5.74, 6) is -1.38. The number of carboxylic acids is 1. The predicted octanol–water partition coefficient (Wildman–Crippen LogP) is 1.60. The van der Waals surface area contributed by atoms with Crippen LogP contribution in [0.2, 0.25) is 0 Å². The van der Waals surface area contributed by atoms with Gasteiger partial charge in [-0.05, 0) is 24.7 Å². The van der Waals surface area contributed by atoms with E-state index in [9.17, 15) is 14.4 Å². The van der Waals surface area contributed by atoms with Gasteiger partial charge in [-0.3, -0.25) is 14.9 Å². The lowest BCUT2D eigenvalue weighted by Crippen LogP contribution is -2.48. The highest BCUT2D eigenvalue weighted by atomic mass is 16.4. The second-order valence-corrected chi connectivity index (χ2v) is 5.96. The van der Waals surface area contributed by atoms with E-state index in [1.54, 1.807) is 25.8 Å². The monoisotopic (exact) mass is 270 g/mol. The number of rotatable bonds is 5. The van der Waals surface area contributed by atoms with E-state index in [1.165, 1.54) is 0 Å². The first-order chi connectivity index (χ1) is 8.71. The summed E-state index contributed by atoms with van der Waals surface area (Å²) in [6.07, 6.45) is 2.98. The van der Waals surface area contributed by atoms with Crippen LogP contribution in [0.15, 0.2) is 0 Å². The molecule has 2 N–H and O–H groups in total. The molecule has 0 unspecified atom stereocenters. The molecule has 0 heterocycles. The van der Waals surface area contributed by atoms with Gasteiger partial charge in [-0.1, -0.05) is 13.8 Å². The molecule has 6 nitrogen and oxygen atoms in total. The van der Waals surface area contributed by atoms with Crippen LogP contribution in [0, 0.1) is 5.41 Å². The molecule has 0 saturated heterocycles. The number of nitrogens with one attached hydrogen (secondary N) is 1. The second-order valence-electron chi connectivity index (χ2n) is 5.96. The fraction of sp³-hybridized carbons (Fsp3) is 0.769. The lowest BCUT2D eigenvalue weighted by atomic mass is 9.85. The van der Waals surface area contributed by atoms with Crippen LogP contribution in [-0.4, -0.2) is 41.0 Å². The third kappa shape index (κ3) is 4.89. The topological polar surface area (TPSA) is 86.7 Å². The maximum atomic E-state index is 11.8. The maximum absolute atomic E-state index is 11.8. The molecule has 0 aromatic carbocycles. The summed E-state index contributed by atoms with van der Waals surface area (Å²) in [5, 5.41) is 11.1. The van der Waals surface area contributed by atoms with Gasteiger partial charge in [0.05, 0.1) is 6.42 Å². The van der Waals surface area contributed by atoms with Crippen LogP contribution in [0.5, 0.6) is 0 Å². The Morgan fingerprint density at radius 1 is 1.26 bits per heavy atom. The summed E-state index contributed by atoms with van der Waals surface area (Å²) in [4.78, 5) is 35.7. The minimum absolute atomic E-state index is 0.0174. The highest BCUT2D eigenvalue weighted by Gasteiger charge is 2.29. The maximum Gasteiger partial charge on any atom is 0.324 e. The van der Waals surface area contributed by atoms with Crippen molar-refractivity contribution in [3.8, 4) is 0 Å². The van der Waals surface area contributed by atoms with Gasteiger partial charge in [-0.25, -0.2) is 4.79 Å². The smallest absolute Gasteiger partial charge is 0.324 e. The molecular formula is C13H22N2O4. The van der Waals surface area contributed by atoms with Gasteiger partial charge < -0.3 is 10.0 Å². The van der Waals surface area contributed by atoms with E-state index in [-0.39, 0.29) is 18.9 Å². The summed E-state index contributed by atoms with van der Waals surface area (Å²) in [6.45, 7) is 3.39. The first-order valence-electron chi connectivity index (χ1n) is 6.50. The summed E-state index contributed by atoms with van der Waals surface area (Å²) in [7, 11) is 1.68. The van der Waals surface area contributed by atoms with E-state index in [4.69, 9.17) is 5.11 Å². The summed E-state index contributed by atoms with van der Waals surface area (Å²) < 4.78 is 0. The highest BCUT2D eigenvalue weighted by molar-refractivity contribution is 5.94. The number of aliphatic carboxylic acids is 1. The second kappa shape index (κ2) is 6.04. The van der Waals surface area contributed by atoms with Crippen LogP contribution < -0.4 is 5.32 Å². The van der Waals surface area contributed by atoms with Gasteiger partial charge in [0.25, 0.3) is 0 Å². The van der Waals surface area contributed by atoms with Crippen LogP contribution in [0.1, 0.15) is 46.0 Å². The quantitative estimate of drug-likeness (QED) is 0.794. The Morgan fingerprint density at radius 2 is 1.84 bits per heavy atom. The molecule has 3 amide bonds. The molecule has 1 aliphatic rings. The molecule has 0 aliphatic heterocycles. The Hall–Kier alpha value is -1.59. The van der Waals surface area contributed by atoms with Crippen molar-refractivity contribution >= 4 is 17.9 Å². The van der Waals surface area contributed by atoms with Crippen LogP contribution in [0.3, 0.4) is 0 Å². The number of urea groups is 1. The normalized spacial score (nSPS) is 15.5. The number of nitrogens with zero attached hydrogens (tertiary/aromatic N) is 1. The average Bonchev–Trinajstić information content (AvgIpc) is 2.10. The minimum atomic E-state index is -0.948. The Kier molecular flexibility index (Phi) is 4.91. The van der Waals surface area contributed by atoms with E-state index >= 15 is 0 Å². The van der Waals surface area contributed by atoms with Crippen molar-refractivity contribution in [3.63, 3.8) is 0 Å². The van der Waals surface area contributed by atoms with Gasteiger partial charge in [0.1, 0.15) is 0 Å². The molecule has 108 valence electrons. The van der Waals surface area contributed by atoms with Crippen molar-refractivity contribution in [2.45, 2.75) is 52.0 Å². The third-order valence-electron chi connectivity index (χ3n) is 3.46. The molecule has 6 heteroatoms. The van der Waals surface area contributed by atoms with Gasteiger partial charge in [0.15, 0.2) is 0 Å². The first-order valence-corrected chi connectivity index (χ1v) is 6.50. The Bertz CT molecular complexity index is 375. The van der Waals surface area contributed by atoms with Crippen LogP contribution in [0.25, 0.3) is 0 Å². The zero-order valence-electron chi connectivity index (χ0n) is 11.7. The molecule has 0 atom stereocenters. The summed E-state index contributed by atoms with van der Waals surface area (Å²) in [5.41, 5.74) is -0.661. The zero-order valence-corrected chi connectivity index (χ0v) is 11.7. The molecule has 1 rings (SSSR count). The lowest BCUT2D eigenvalue weighted by Gasteiger charge is -2.34. The number of hydrogen-bond donors (Lipinski definition) is 2. The molecule has 1 aliphatic carbocycles. The zero-order chi connectivity index (χ0) is 14.6. The molecule has 0 aromatic heterocycles. The Morgan fingerprint density at radius 3 is 2.26 bits per heavy atom. The number of carbonyl (C=O) groups excluding carboxylic acids is 2. The molecule has 1 fully saturated rings. The van der Waals surface area contributed by atoms with Crippen molar-refractivity contribution in [1.82, 2.24) is 10.2 Å². The van der Waals surface area contributed by atoms with Crippen molar-refractivity contribution in [2.75, 3.05) is 7.05 Å².